The Morgan fingerprint density at radius 3 is 2.71 bits per heavy atom. The number of hydrogen-bond acceptors (Lipinski definition) is 6. The van der Waals surface area contributed by atoms with Gasteiger partial charge in [-0.05, 0) is 25.4 Å². The Labute approximate surface area is 126 Å². The van der Waals surface area contributed by atoms with Gasteiger partial charge < -0.3 is 5.32 Å². The Hall–Kier alpha value is -1.74. The minimum Gasteiger partial charge on any atom is -0.334 e. The molecule has 0 saturated heterocycles. The molecule has 2 rings (SSSR count). The van der Waals surface area contributed by atoms with Gasteiger partial charge in [-0.15, -0.1) is 0 Å². The van der Waals surface area contributed by atoms with Crippen LogP contribution in [0.2, 0.25) is 5.28 Å². The highest BCUT2D eigenvalue weighted by atomic mass is 35.5. The van der Waals surface area contributed by atoms with Crippen LogP contribution in [-0.4, -0.2) is 33.4 Å². The first kappa shape index (κ1) is 15.6. The first-order valence-electron chi connectivity index (χ1n) is 5.94. The van der Waals surface area contributed by atoms with E-state index in [9.17, 15) is 12.8 Å². The minimum absolute atomic E-state index is 0.125. The topological polar surface area (TPSA) is 89.8 Å². The standard InChI is InChI=1S/C11H13ClFN5O2S/c1-6(2)21(19,20)10-8(5-18(3)17-10)15-9-7(13)4-14-11(12)16-9/h4-6H,1-3H3,(H,14,15,16). The monoisotopic (exact) mass is 333 g/mol. The minimum atomic E-state index is -3.62. The fourth-order valence-corrected chi connectivity index (χ4v) is 2.78. The number of rotatable bonds is 4. The maximum absolute atomic E-state index is 13.6. The maximum Gasteiger partial charge on any atom is 0.224 e. The molecule has 1 N–H and O–H groups in total. The molecule has 2 aromatic rings. The van der Waals surface area contributed by atoms with E-state index in [2.05, 4.69) is 20.4 Å². The van der Waals surface area contributed by atoms with E-state index >= 15 is 0 Å². The van der Waals surface area contributed by atoms with Crippen LogP contribution in [0.4, 0.5) is 15.9 Å². The summed E-state index contributed by atoms with van der Waals surface area (Å²) in [4.78, 5) is 7.17. The predicted molar refractivity (Wildman–Crippen MR) is 75.8 cm³/mol. The molecule has 0 unspecified atom stereocenters. The SMILES string of the molecule is CC(C)S(=O)(=O)c1nn(C)cc1Nc1nc(Cl)ncc1F. The van der Waals surface area contributed by atoms with Crippen LogP contribution in [0, 0.1) is 5.82 Å². The van der Waals surface area contributed by atoms with Gasteiger partial charge >= 0.3 is 0 Å². The third-order valence-corrected chi connectivity index (χ3v) is 4.92. The predicted octanol–water partition coefficient (Wildman–Crippen LogP) is 1.93. The van der Waals surface area contributed by atoms with Crippen molar-refractivity contribution in [3.63, 3.8) is 0 Å². The number of aromatic nitrogens is 4. The van der Waals surface area contributed by atoms with Crippen molar-refractivity contribution in [2.24, 2.45) is 7.05 Å². The Morgan fingerprint density at radius 2 is 2.10 bits per heavy atom. The lowest BCUT2D eigenvalue weighted by atomic mass is 10.5. The Morgan fingerprint density at radius 1 is 1.43 bits per heavy atom. The molecule has 0 radical (unpaired) electrons. The molecule has 2 heterocycles. The number of nitrogens with zero attached hydrogens (tertiary/aromatic N) is 4. The van der Waals surface area contributed by atoms with E-state index < -0.39 is 20.9 Å². The summed E-state index contributed by atoms with van der Waals surface area (Å²) in [5.41, 5.74) is 0.125. The van der Waals surface area contributed by atoms with E-state index in [4.69, 9.17) is 11.6 Å². The van der Waals surface area contributed by atoms with E-state index in [0.29, 0.717) is 0 Å². The van der Waals surface area contributed by atoms with Crippen LogP contribution in [-0.2, 0) is 16.9 Å². The van der Waals surface area contributed by atoms with Crippen molar-refractivity contribution in [3.05, 3.63) is 23.5 Å². The van der Waals surface area contributed by atoms with E-state index in [1.54, 1.807) is 7.05 Å². The lowest BCUT2D eigenvalue weighted by molar-refractivity contribution is 0.579. The summed E-state index contributed by atoms with van der Waals surface area (Å²) in [5.74, 6) is -0.973. The van der Waals surface area contributed by atoms with Gasteiger partial charge in [-0.3, -0.25) is 4.68 Å². The molecular formula is C11H13ClFN5O2S. The van der Waals surface area contributed by atoms with Gasteiger partial charge in [-0.25, -0.2) is 17.8 Å². The van der Waals surface area contributed by atoms with Gasteiger partial charge in [-0.1, -0.05) is 0 Å². The van der Waals surface area contributed by atoms with Crippen molar-refractivity contribution in [2.75, 3.05) is 5.32 Å². The highest BCUT2D eigenvalue weighted by molar-refractivity contribution is 7.92. The molecule has 114 valence electrons. The van der Waals surface area contributed by atoms with Gasteiger partial charge in [0.2, 0.25) is 20.1 Å². The maximum atomic E-state index is 13.6. The van der Waals surface area contributed by atoms with E-state index in [1.165, 1.54) is 24.7 Å². The van der Waals surface area contributed by atoms with Crippen molar-refractivity contribution in [1.82, 2.24) is 19.7 Å². The second-order valence-corrected chi connectivity index (χ2v) is 7.33. The molecule has 0 bridgehead atoms. The van der Waals surface area contributed by atoms with Gasteiger partial charge in [0.25, 0.3) is 0 Å². The molecule has 0 aromatic carbocycles. The van der Waals surface area contributed by atoms with Crippen LogP contribution in [0.3, 0.4) is 0 Å². The zero-order valence-corrected chi connectivity index (χ0v) is 13.1. The molecule has 0 saturated carbocycles. The number of aryl methyl sites for hydroxylation is 1. The number of sulfone groups is 1. The van der Waals surface area contributed by atoms with Gasteiger partial charge in [0, 0.05) is 13.2 Å². The Kier molecular flexibility index (Phi) is 4.15. The zero-order valence-electron chi connectivity index (χ0n) is 11.5. The van der Waals surface area contributed by atoms with Gasteiger partial charge in [0.15, 0.2) is 11.6 Å². The van der Waals surface area contributed by atoms with Crippen LogP contribution in [0.1, 0.15) is 13.8 Å². The lowest BCUT2D eigenvalue weighted by Gasteiger charge is -2.09. The molecule has 0 spiro atoms. The highest BCUT2D eigenvalue weighted by Gasteiger charge is 2.27. The molecule has 10 heteroatoms. The largest absolute Gasteiger partial charge is 0.334 e. The second-order valence-electron chi connectivity index (χ2n) is 4.58. The summed E-state index contributed by atoms with van der Waals surface area (Å²) in [7, 11) is -2.06. The van der Waals surface area contributed by atoms with E-state index in [0.717, 1.165) is 6.20 Å². The lowest BCUT2D eigenvalue weighted by Crippen LogP contribution is -2.16. The molecule has 0 amide bonds. The van der Waals surface area contributed by atoms with Crippen molar-refractivity contribution in [1.29, 1.82) is 0 Å². The normalized spacial score (nSPS) is 11.9. The van der Waals surface area contributed by atoms with Crippen molar-refractivity contribution >= 4 is 32.9 Å². The van der Waals surface area contributed by atoms with Crippen LogP contribution < -0.4 is 5.32 Å². The average Bonchev–Trinajstić information content (AvgIpc) is 2.75. The molecule has 7 nitrogen and oxygen atoms in total. The van der Waals surface area contributed by atoms with Crippen LogP contribution in [0.15, 0.2) is 17.4 Å². The second kappa shape index (κ2) is 5.57. The van der Waals surface area contributed by atoms with Gasteiger partial charge in [0.05, 0.1) is 17.1 Å². The quantitative estimate of drug-likeness (QED) is 0.860. The first-order valence-corrected chi connectivity index (χ1v) is 7.87. The summed E-state index contributed by atoms with van der Waals surface area (Å²) < 4.78 is 39.4. The summed E-state index contributed by atoms with van der Waals surface area (Å²) in [6, 6.07) is 0. The third-order valence-electron chi connectivity index (χ3n) is 2.65. The summed E-state index contributed by atoms with van der Waals surface area (Å²) in [5, 5.41) is 5.52. The van der Waals surface area contributed by atoms with E-state index in [-0.39, 0.29) is 21.8 Å². The number of hydrogen-bond donors (Lipinski definition) is 1. The number of nitrogens with one attached hydrogen (secondary N) is 1. The summed E-state index contributed by atoms with van der Waals surface area (Å²) in [6.07, 6.45) is 2.31. The molecule has 0 aliphatic heterocycles. The van der Waals surface area contributed by atoms with Crippen molar-refractivity contribution in [3.8, 4) is 0 Å². The summed E-state index contributed by atoms with van der Waals surface area (Å²) in [6.45, 7) is 3.08. The molecule has 0 aliphatic rings. The van der Waals surface area contributed by atoms with Crippen molar-refractivity contribution in [2.45, 2.75) is 24.1 Å². The Balaban J connectivity index is 2.49. The fourth-order valence-electron chi connectivity index (χ4n) is 1.55. The molecule has 21 heavy (non-hydrogen) atoms. The molecule has 2 aromatic heterocycles. The fraction of sp³-hybridized carbons (Fsp3) is 0.364. The number of halogens is 2. The number of anilines is 2. The first-order chi connectivity index (χ1) is 9.71. The molecule has 0 aliphatic carbocycles. The Bertz CT molecular complexity index is 775. The molecular weight excluding hydrogens is 321 g/mol. The molecule has 0 atom stereocenters. The third kappa shape index (κ3) is 3.13. The average molecular weight is 334 g/mol. The molecule has 0 fully saturated rings. The summed E-state index contributed by atoms with van der Waals surface area (Å²) >= 11 is 5.60. The van der Waals surface area contributed by atoms with Gasteiger partial charge in [-0.2, -0.15) is 10.1 Å². The van der Waals surface area contributed by atoms with E-state index in [1.807, 2.05) is 0 Å². The smallest absolute Gasteiger partial charge is 0.224 e. The van der Waals surface area contributed by atoms with Crippen LogP contribution >= 0.6 is 11.6 Å². The van der Waals surface area contributed by atoms with Crippen molar-refractivity contribution < 1.29 is 12.8 Å². The zero-order chi connectivity index (χ0) is 15.8. The van der Waals surface area contributed by atoms with Crippen LogP contribution in [0.5, 0.6) is 0 Å². The van der Waals surface area contributed by atoms with Gasteiger partial charge in [0.1, 0.15) is 0 Å². The van der Waals surface area contributed by atoms with Crippen LogP contribution in [0.25, 0.3) is 0 Å². The highest BCUT2D eigenvalue weighted by Crippen LogP contribution is 2.27.